The maximum Gasteiger partial charge on any atom is 0.586 e. The van der Waals surface area contributed by atoms with Crippen LogP contribution in [0.25, 0.3) is 0 Å². The summed E-state index contributed by atoms with van der Waals surface area (Å²) in [6.07, 6.45) is -0.893. The lowest BCUT2D eigenvalue weighted by Crippen LogP contribution is -2.54. The number of amides is 1. The van der Waals surface area contributed by atoms with E-state index in [1.165, 1.54) is 18.2 Å². The summed E-state index contributed by atoms with van der Waals surface area (Å²) < 4.78 is 34.6. The molecule has 2 aliphatic heterocycles. The number of benzene rings is 1. The van der Waals surface area contributed by atoms with Crippen molar-refractivity contribution in [3.05, 3.63) is 18.2 Å². The zero-order chi connectivity index (χ0) is 15.1. The van der Waals surface area contributed by atoms with Crippen LogP contribution < -0.4 is 20.1 Å². The molecule has 0 bridgehead atoms. The van der Waals surface area contributed by atoms with Crippen molar-refractivity contribution >= 4 is 24.0 Å². The number of rotatable bonds is 2. The Bertz CT molecular complexity index is 577. The minimum Gasteiger partial charge on any atom is -0.395 e. The Hall–Kier alpha value is -1.60. The van der Waals surface area contributed by atoms with Gasteiger partial charge in [0.2, 0.25) is 5.91 Å². The molecule has 2 N–H and O–H groups in total. The fourth-order valence-corrected chi connectivity index (χ4v) is 2.55. The Labute approximate surface area is 132 Å². The van der Waals surface area contributed by atoms with Gasteiger partial charge in [-0.05, 0) is 44.9 Å². The van der Waals surface area contributed by atoms with Crippen LogP contribution in [0.3, 0.4) is 0 Å². The second-order valence-electron chi connectivity index (χ2n) is 5.50. The van der Waals surface area contributed by atoms with Gasteiger partial charge in [0, 0.05) is 11.8 Å². The Morgan fingerprint density at radius 3 is 2.68 bits per heavy atom. The molecule has 0 spiro atoms. The van der Waals surface area contributed by atoms with E-state index in [9.17, 15) is 13.6 Å². The largest absolute Gasteiger partial charge is 0.586 e. The van der Waals surface area contributed by atoms with Gasteiger partial charge in [0.05, 0.1) is 5.54 Å². The lowest BCUT2D eigenvalue weighted by atomic mass is 9.90. The molecule has 22 heavy (non-hydrogen) atoms. The van der Waals surface area contributed by atoms with Crippen LogP contribution in [0.1, 0.15) is 26.2 Å². The van der Waals surface area contributed by atoms with E-state index in [-0.39, 0.29) is 29.8 Å². The zero-order valence-corrected chi connectivity index (χ0v) is 12.8. The first-order valence-electron chi connectivity index (χ1n) is 6.84. The summed E-state index contributed by atoms with van der Waals surface area (Å²) in [4.78, 5) is 12.3. The van der Waals surface area contributed by atoms with E-state index in [0.717, 1.165) is 25.8 Å². The molecule has 0 aliphatic carbocycles. The van der Waals surface area contributed by atoms with Gasteiger partial charge >= 0.3 is 6.29 Å². The van der Waals surface area contributed by atoms with Gasteiger partial charge in [0.15, 0.2) is 11.5 Å². The summed E-state index contributed by atoms with van der Waals surface area (Å²) in [6.45, 7) is 2.62. The maximum absolute atomic E-state index is 12.9. The molecule has 2 aliphatic rings. The number of carbonyl (C=O) groups is 1. The van der Waals surface area contributed by atoms with Crippen LogP contribution in [-0.4, -0.2) is 24.3 Å². The Morgan fingerprint density at radius 2 is 2.00 bits per heavy atom. The first-order chi connectivity index (χ1) is 9.88. The van der Waals surface area contributed by atoms with Gasteiger partial charge in [-0.25, -0.2) is 0 Å². The Balaban J connectivity index is 0.00000176. The highest BCUT2D eigenvalue weighted by Gasteiger charge is 2.43. The maximum atomic E-state index is 12.9. The summed E-state index contributed by atoms with van der Waals surface area (Å²) in [5.74, 6) is -0.313. The Kier molecular flexibility index (Phi) is 4.49. The van der Waals surface area contributed by atoms with E-state index >= 15 is 0 Å². The third-order valence-electron chi connectivity index (χ3n) is 3.78. The molecule has 1 atom stereocenters. The molecule has 8 heteroatoms. The van der Waals surface area contributed by atoms with Crippen molar-refractivity contribution in [3.8, 4) is 11.5 Å². The first kappa shape index (κ1) is 16.8. The monoisotopic (exact) mass is 334 g/mol. The molecule has 5 nitrogen and oxygen atoms in total. The average molecular weight is 335 g/mol. The molecule has 1 fully saturated rings. The third-order valence-corrected chi connectivity index (χ3v) is 3.78. The predicted molar refractivity (Wildman–Crippen MR) is 78.8 cm³/mol. The van der Waals surface area contributed by atoms with E-state index < -0.39 is 11.8 Å². The quantitative estimate of drug-likeness (QED) is 0.873. The van der Waals surface area contributed by atoms with Crippen LogP contribution in [0.2, 0.25) is 0 Å². The minimum absolute atomic E-state index is 0. The first-order valence-corrected chi connectivity index (χ1v) is 6.84. The highest BCUT2D eigenvalue weighted by atomic mass is 35.5. The van der Waals surface area contributed by atoms with Crippen molar-refractivity contribution in [3.63, 3.8) is 0 Å². The summed E-state index contributed by atoms with van der Waals surface area (Å²) in [6, 6.07) is 4.19. The molecule has 0 aromatic heterocycles. The molecule has 1 aromatic rings. The fourth-order valence-electron chi connectivity index (χ4n) is 2.55. The van der Waals surface area contributed by atoms with Crippen molar-refractivity contribution in [2.75, 3.05) is 11.9 Å². The topological polar surface area (TPSA) is 59.6 Å². The Morgan fingerprint density at radius 1 is 1.27 bits per heavy atom. The zero-order valence-electron chi connectivity index (χ0n) is 11.9. The predicted octanol–water partition coefficient (Wildman–Crippen LogP) is 2.90. The molecule has 0 saturated carbocycles. The van der Waals surface area contributed by atoms with Gasteiger partial charge < -0.3 is 20.1 Å². The fraction of sp³-hybridized carbons (Fsp3) is 0.500. The molecule has 1 amide bonds. The van der Waals surface area contributed by atoms with Crippen molar-refractivity contribution in [2.24, 2.45) is 0 Å². The molecule has 1 saturated heterocycles. The third kappa shape index (κ3) is 3.25. The van der Waals surface area contributed by atoms with Crippen LogP contribution in [0, 0.1) is 0 Å². The molecular weight excluding hydrogens is 318 g/mol. The number of alkyl halides is 2. The molecule has 1 aromatic carbocycles. The van der Waals surface area contributed by atoms with Crippen molar-refractivity contribution in [1.82, 2.24) is 5.32 Å². The normalized spacial score (nSPS) is 25.2. The highest BCUT2D eigenvalue weighted by Crippen LogP contribution is 2.42. The van der Waals surface area contributed by atoms with Gasteiger partial charge in [-0.3, -0.25) is 4.79 Å². The number of hydrogen-bond acceptors (Lipinski definition) is 4. The van der Waals surface area contributed by atoms with Crippen molar-refractivity contribution < 1.29 is 23.0 Å². The van der Waals surface area contributed by atoms with E-state index in [1.54, 1.807) is 0 Å². The number of nitrogens with one attached hydrogen (secondary N) is 2. The second kappa shape index (κ2) is 5.89. The van der Waals surface area contributed by atoms with Gasteiger partial charge in [-0.1, -0.05) is 0 Å². The lowest BCUT2D eigenvalue weighted by Gasteiger charge is -2.33. The van der Waals surface area contributed by atoms with Crippen LogP contribution in [-0.2, 0) is 4.79 Å². The summed E-state index contributed by atoms with van der Waals surface area (Å²) in [5, 5.41) is 5.92. The SMILES string of the molecule is CC1(C(=O)Nc2ccc3c(c2)OC(F)(F)O3)CCCCN1.Cl. The van der Waals surface area contributed by atoms with Gasteiger partial charge in [-0.15, -0.1) is 21.2 Å². The smallest absolute Gasteiger partial charge is 0.395 e. The number of carbonyl (C=O) groups excluding carboxylic acids is 1. The summed E-state index contributed by atoms with van der Waals surface area (Å²) >= 11 is 0. The highest BCUT2D eigenvalue weighted by molar-refractivity contribution is 5.98. The molecular formula is C14H17ClF2N2O3. The summed E-state index contributed by atoms with van der Waals surface area (Å²) in [7, 11) is 0. The number of halogens is 3. The molecule has 1 unspecified atom stereocenters. The van der Waals surface area contributed by atoms with E-state index in [0.29, 0.717) is 5.69 Å². The van der Waals surface area contributed by atoms with E-state index in [1.807, 2.05) is 6.92 Å². The van der Waals surface area contributed by atoms with Crippen molar-refractivity contribution in [2.45, 2.75) is 38.0 Å². The molecule has 0 radical (unpaired) electrons. The number of piperidine rings is 1. The molecule has 122 valence electrons. The second-order valence-corrected chi connectivity index (χ2v) is 5.50. The number of ether oxygens (including phenoxy) is 2. The summed E-state index contributed by atoms with van der Waals surface area (Å²) in [5.41, 5.74) is -0.243. The molecule has 2 heterocycles. The van der Waals surface area contributed by atoms with Crippen LogP contribution >= 0.6 is 12.4 Å². The number of hydrogen-bond donors (Lipinski definition) is 2. The number of fused-ring (bicyclic) bond motifs is 1. The van der Waals surface area contributed by atoms with Gasteiger partial charge in [-0.2, -0.15) is 0 Å². The van der Waals surface area contributed by atoms with Crippen LogP contribution in [0.5, 0.6) is 11.5 Å². The van der Waals surface area contributed by atoms with Gasteiger partial charge in [0.1, 0.15) is 0 Å². The van der Waals surface area contributed by atoms with Crippen LogP contribution in [0.4, 0.5) is 14.5 Å². The average Bonchev–Trinajstić information content (AvgIpc) is 2.72. The lowest BCUT2D eigenvalue weighted by molar-refractivity contribution is -0.286. The minimum atomic E-state index is -3.65. The number of anilines is 1. The van der Waals surface area contributed by atoms with E-state index in [4.69, 9.17) is 0 Å². The van der Waals surface area contributed by atoms with Crippen LogP contribution in [0.15, 0.2) is 18.2 Å². The standard InChI is InChI=1S/C14H16F2N2O3.ClH/c1-13(6-2-3-7-17-13)12(19)18-9-4-5-10-11(8-9)21-14(15,16)20-10;/h4-5,8,17H,2-3,6-7H2,1H3,(H,18,19);1H. The van der Waals surface area contributed by atoms with Gasteiger partial charge in [0.25, 0.3) is 0 Å². The van der Waals surface area contributed by atoms with E-state index in [2.05, 4.69) is 20.1 Å². The van der Waals surface area contributed by atoms with Crippen molar-refractivity contribution in [1.29, 1.82) is 0 Å². The molecule has 3 rings (SSSR count).